The monoisotopic (exact) mass is 411 g/mol. The van der Waals surface area contributed by atoms with Gasteiger partial charge in [-0.15, -0.1) is 12.4 Å². The first-order valence-corrected chi connectivity index (χ1v) is 9.45. The summed E-state index contributed by atoms with van der Waals surface area (Å²) in [6.45, 7) is 4.41. The lowest BCUT2D eigenvalue weighted by molar-refractivity contribution is -0.140. The third kappa shape index (κ3) is 7.86. The zero-order valence-electron chi connectivity index (χ0n) is 16.5. The molecule has 1 fully saturated rings. The molecule has 0 aliphatic carbocycles. The summed E-state index contributed by atoms with van der Waals surface area (Å²) >= 11 is 0. The van der Waals surface area contributed by atoms with Crippen LogP contribution in [0.4, 0.5) is 5.69 Å². The molecule has 1 aromatic carbocycles. The maximum atomic E-state index is 12.3. The van der Waals surface area contributed by atoms with E-state index in [9.17, 15) is 14.4 Å². The fourth-order valence-corrected chi connectivity index (χ4v) is 3.27. The molecule has 8 heteroatoms. The minimum Gasteiger partial charge on any atom is -0.469 e. The van der Waals surface area contributed by atoms with E-state index in [1.807, 2.05) is 0 Å². The first-order valence-electron chi connectivity index (χ1n) is 9.45. The molecule has 3 N–H and O–H groups in total. The molecule has 7 nitrogen and oxygen atoms in total. The van der Waals surface area contributed by atoms with Gasteiger partial charge in [-0.05, 0) is 62.0 Å². The molecule has 0 saturated carbocycles. The number of carbonyl (C=O) groups is 3. The van der Waals surface area contributed by atoms with Gasteiger partial charge in [-0.25, -0.2) is 0 Å². The Morgan fingerprint density at radius 2 is 1.82 bits per heavy atom. The van der Waals surface area contributed by atoms with Crippen LogP contribution in [0, 0.1) is 11.8 Å². The van der Waals surface area contributed by atoms with Crippen LogP contribution in [0.3, 0.4) is 0 Å². The maximum Gasteiger partial charge on any atom is 0.307 e. The Morgan fingerprint density at radius 3 is 2.43 bits per heavy atom. The Morgan fingerprint density at radius 1 is 1.18 bits per heavy atom. The Hall–Kier alpha value is -2.12. The van der Waals surface area contributed by atoms with Crippen molar-refractivity contribution in [1.29, 1.82) is 0 Å². The lowest BCUT2D eigenvalue weighted by atomic mass is 9.84. The molecular formula is C20H30ClN3O4. The minimum absolute atomic E-state index is 0. The van der Waals surface area contributed by atoms with Gasteiger partial charge in [0.1, 0.15) is 0 Å². The number of esters is 1. The maximum absolute atomic E-state index is 12.3. The van der Waals surface area contributed by atoms with Crippen LogP contribution in [-0.4, -0.2) is 44.5 Å². The molecule has 0 aromatic heterocycles. The van der Waals surface area contributed by atoms with Crippen molar-refractivity contribution >= 4 is 35.9 Å². The van der Waals surface area contributed by atoms with Crippen molar-refractivity contribution in [1.82, 2.24) is 10.6 Å². The van der Waals surface area contributed by atoms with Crippen molar-refractivity contribution in [2.75, 3.05) is 32.1 Å². The van der Waals surface area contributed by atoms with Crippen LogP contribution in [0.1, 0.15) is 43.0 Å². The SMILES string of the molecule is COC(=O)CCNC(=O)c1ccc(NC(=O)CC(C)C2CCNCC2)cc1.Cl. The van der Waals surface area contributed by atoms with E-state index in [0.29, 0.717) is 29.5 Å². The van der Waals surface area contributed by atoms with Crippen molar-refractivity contribution in [3.05, 3.63) is 29.8 Å². The number of carbonyl (C=O) groups excluding carboxylic acids is 3. The number of piperidine rings is 1. The third-order valence-corrected chi connectivity index (χ3v) is 4.97. The number of anilines is 1. The number of rotatable bonds is 8. The normalized spacial score (nSPS) is 15.1. The fraction of sp³-hybridized carbons (Fsp3) is 0.550. The highest BCUT2D eigenvalue weighted by atomic mass is 35.5. The van der Waals surface area contributed by atoms with Crippen LogP contribution in [0.5, 0.6) is 0 Å². The summed E-state index contributed by atoms with van der Waals surface area (Å²) in [7, 11) is 1.31. The second-order valence-corrected chi connectivity index (χ2v) is 6.98. The van der Waals surface area contributed by atoms with Gasteiger partial charge in [-0.3, -0.25) is 14.4 Å². The van der Waals surface area contributed by atoms with Crippen molar-refractivity contribution in [2.24, 2.45) is 11.8 Å². The zero-order valence-corrected chi connectivity index (χ0v) is 17.3. The van der Waals surface area contributed by atoms with E-state index < -0.39 is 0 Å². The second-order valence-electron chi connectivity index (χ2n) is 6.98. The Labute approximate surface area is 172 Å². The van der Waals surface area contributed by atoms with Crippen LogP contribution < -0.4 is 16.0 Å². The van der Waals surface area contributed by atoms with Crippen LogP contribution >= 0.6 is 12.4 Å². The summed E-state index contributed by atoms with van der Waals surface area (Å²) in [5, 5.41) is 8.89. The summed E-state index contributed by atoms with van der Waals surface area (Å²) in [6.07, 6.45) is 2.87. The molecule has 1 atom stereocenters. The number of ether oxygens (including phenoxy) is 1. The molecular weight excluding hydrogens is 382 g/mol. The highest BCUT2D eigenvalue weighted by molar-refractivity contribution is 5.96. The van der Waals surface area contributed by atoms with E-state index >= 15 is 0 Å². The molecule has 0 radical (unpaired) electrons. The molecule has 28 heavy (non-hydrogen) atoms. The van der Waals surface area contributed by atoms with E-state index in [-0.39, 0.29) is 43.2 Å². The molecule has 2 amide bonds. The molecule has 156 valence electrons. The van der Waals surface area contributed by atoms with Crippen LogP contribution in [0.15, 0.2) is 24.3 Å². The van der Waals surface area contributed by atoms with E-state index in [1.165, 1.54) is 7.11 Å². The van der Waals surface area contributed by atoms with Crippen molar-refractivity contribution in [3.8, 4) is 0 Å². The van der Waals surface area contributed by atoms with Crippen molar-refractivity contribution in [2.45, 2.75) is 32.6 Å². The average Bonchev–Trinajstić information content (AvgIpc) is 2.68. The Kier molecular flexibility index (Phi) is 10.6. The summed E-state index contributed by atoms with van der Waals surface area (Å²) < 4.78 is 4.52. The minimum atomic E-state index is -0.368. The quantitative estimate of drug-likeness (QED) is 0.570. The first kappa shape index (κ1) is 23.9. The fourth-order valence-electron chi connectivity index (χ4n) is 3.27. The van der Waals surface area contributed by atoms with Gasteiger partial charge in [0.25, 0.3) is 5.91 Å². The number of hydrogen-bond acceptors (Lipinski definition) is 5. The van der Waals surface area contributed by atoms with Gasteiger partial charge < -0.3 is 20.7 Å². The molecule has 1 aliphatic heterocycles. The molecule has 0 bridgehead atoms. The largest absolute Gasteiger partial charge is 0.469 e. The molecule has 1 aliphatic rings. The third-order valence-electron chi connectivity index (χ3n) is 4.97. The average molecular weight is 412 g/mol. The lowest BCUT2D eigenvalue weighted by Crippen LogP contribution is -2.32. The summed E-state index contributed by atoms with van der Waals surface area (Å²) in [6, 6.07) is 6.73. The predicted octanol–water partition coefficient (Wildman–Crippen LogP) is 2.37. The molecule has 1 heterocycles. The van der Waals surface area contributed by atoms with Gasteiger partial charge in [0.15, 0.2) is 0 Å². The first-order chi connectivity index (χ1) is 13.0. The van der Waals surface area contributed by atoms with E-state index in [1.54, 1.807) is 24.3 Å². The number of benzene rings is 1. The van der Waals surface area contributed by atoms with E-state index in [0.717, 1.165) is 25.9 Å². The number of methoxy groups -OCH3 is 1. The highest BCUT2D eigenvalue weighted by Crippen LogP contribution is 2.24. The number of hydrogen-bond donors (Lipinski definition) is 3. The van der Waals surface area contributed by atoms with Crippen LogP contribution in [0.25, 0.3) is 0 Å². The lowest BCUT2D eigenvalue weighted by Gasteiger charge is -2.27. The Bertz CT molecular complexity index is 645. The van der Waals surface area contributed by atoms with Gasteiger partial charge in [0.05, 0.1) is 13.5 Å². The van der Waals surface area contributed by atoms with Gasteiger partial charge >= 0.3 is 5.97 Å². The van der Waals surface area contributed by atoms with Gasteiger partial charge in [0.2, 0.25) is 5.91 Å². The number of nitrogens with one attached hydrogen (secondary N) is 3. The number of amides is 2. The van der Waals surface area contributed by atoms with E-state index in [2.05, 4.69) is 27.6 Å². The molecule has 2 rings (SSSR count). The standard InChI is InChI=1S/C20H29N3O4.ClH/c1-14(15-7-10-21-11-8-15)13-18(24)23-17-5-3-16(4-6-17)20(26)22-12-9-19(25)27-2;/h3-6,14-15,21H,7-13H2,1-2H3,(H,22,26)(H,23,24);1H. The summed E-state index contributed by atoms with van der Waals surface area (Å²) in [5.41, 5.74) is 1.14. The van der Waals surface area contributed by atoms with Gasteiger partial charge in [-0.1, -0.05) is 6.92 Å². The molecule has 1 aromatic rings. The molecule has 1 unspecified atom stereocenters. The van der Waals surface area contributed by atoms with Crippen molar-refractivity contribution < 1.29 is 19.1 Å². The Balaban J connectivity index is 0.00000392. The molecule has 0 spiro atoms. The van der Waals surface area contributed by atoms with Crippen LogP contribution in [-0.2, 0) is 14.3 Å². The molecule has 1 saturated heterocycles. The topological polar surface area (TPSA) is 96.5 Å². The second kappa shape index (κ2) is 12.4. The highest BCUT2D eigenvalue weighted by Gasteiger charge is 2.22. The van der Waals surface area contributed by atoms with Crippen LogP contribution in [0.2, 0.25) is 0 Å². The number of halogens is 1. The van der Waals surface area contributed by atoms with Crippen molar-refractivity contribution in [3.63, 3.8) is 0 Å². The smallest absolute Gasteiger partial charge is 0.307 e. The van der Waals surface area contributed by atoms with Gasteiger partial charge in [0, 0.05) is 24.2 Å². The predicted molar refractivity (Wildman–Crippen MR) is 111 cm³/mol. The summed E-state index contributed by atoms with van der Waals surface area (Å²) in [5.74, 6) is 0.305. The zero-order chi connectivity index (χ0) is 19.6. The van der Waals surface area contributed by atoms with E-state index in [4.69, 9.17) is 0 Å². The van der Waals surface area contributed by atoms with Gasteiger partial charge in [-0.2, -0.15) is 0 Å². The summed E-state index contributed by atoms with van der Waals surface area (Å²) in [4.78, 5) is 35.3.